The van der Waals surface area contributed by atoms with Crippen molar-refractivity contribution in [3.8, 4) is 0 Å². The number of hydrogen-bond acceptors (Lipinski definition) is 6. The van der Waals surface area contributed by atoms with Crippen LogP contribution in [0.2, 0.25) is 0 Å². The molecule has 0 aromatic heterocycles. The number of rotatable bonds is 8. The van der Waals surface area contributed by atoms with Gasteiger partial charge in [0.05, 0.1) is 11.9 Å². The van der Waals surface area contributed by atoms with E-state index in [2.05, 4.69) is 12.1 Å². The second kappa shape index (κ2) is 9.38. The third-order valence-corrected chi connectivity index (χ3v) is 8.36. The van der Waals surface area contributed by atoms with E-state index in [-0.39, 0.29) is 16.7 Å². The van der Waals surface area contributed by atoms with Crippen LogP contribution in [0.25, 0.3) is 0 Å². The zero-order chi connectivity index (χ0) is 17.6. The zero-order valence-corrected chi connectivity index (χ0v) is 16.8. The predicted octanol–water partition coefficient (Wildman–Crippen LogP) is 2.58. The van der Waals surface area contributed by atoms with Gasteiger partial charge in [-0.1, -0.05) is 51.9 Å². The number of thioether (sulfide) groups is 1. The van der Waals surface area contributed by atoms with Crippen molar-refractivity contribution in [1.29, 1.82) is 0 Å². The molecule has 0 bridgehead atoms. The summed E-state index contributed by atoms with van der Waals surface area (Å²) in [5.41, 5.74) is 13.7. The molecular weight excluding hydrogens is 358 g/mol. The number of nitrogens with two attached hydrogens (primary N) is 2. The fraction of sp³-hybridized carbons (Fsp3) is 0.588. The van der Waals surface area contributed by atoms with Crippen LogP contribution in [0.4, 0.5) is 0 Å². The minimum atomic E-state index is -0.487. The topological polar surface area (TPSA) is 72.3 Å². The summed E-state index contributed by atoms with van der Waals surface area (Å²) in [6.07, 6.45) is 0.866. The van der Waals surface area contributed by atoms with E-state index in [0.717, 1.165) is 30.3 Å². The highest BCUT2D eigenvalue weighted by atomic mass is 33.1. The van der Waals surface area contributed by atoms with Gasteiger partial charge in [0, 0.05) is 28.8 Å². The molecule has 1 amide bonds. The first-order valence-electron chi connectivity index (χ1n) is 8.12. The summed E-state index contributed by atoms with van der Waals surface area (Å²) in [5, 5.41) is 0. The fourth-order valence-electron chi connectivity index (χ4n) is 2.38. The Morgan fingerprint density at radius 1 is 1.33 bits per heavy atom. The predicted molar refractivity (Wildman–Crippen MR) is 109 cm³/mol. The molecule has 1 fully saturated rings. The molecule has 1 aromatic rings. The number of nitrogens with zero attached hydrogens (tertiary/aromatic N) is 1. The molecule has 1 saturated heterocycles. The van der Waals surface area contributed by atoms with Gasteiger partial charge in [-0.15, -0.1) is 11.8 Å². The first kappa shape index (κ1) is 20.0. The van der Waals surface area contributed by atoms with E-state index >= 15 is 0 Å². The molecule has 1 aromatic carbocycles. The number of amides is 1. The van der Waals surface area contributed by atoms with Crippen LogP contribution in [0.5, 0.6) is 0 Å². The van der Waals surface area contributed by atoms with Gasteiger partial charge in [-0.2, -0.15) is 0 Å². The van der Waals surface area contributed by atoms with E-state index in [0.29, 0.717) is 0 Å². The Hall–Kier alpha value is -0.340. The Balaban J connectivity index is 1.75. The molecule has 0 saturated carbocycles. The molecule has 24 heavy (non-hydrogen) atoms. The number of carbonyl (C=O) groups excluding carboxylic acids is 1. The van der Waals surface area contributed by atoms with Gasteiger partial charge in [0.1, 0.15) is 0 Å². The van der Waals surface area contributed by atoms with Gasteiger partial charge in [-0.3, -0.25) is 4.79 Å². The summed E-state index contributed by atoms with van der Waals surface area (Å²) in [6, 6.07) is 9.90. The number of carbonyl (C=O) groups is 1. The van der Waals surface area contributed by atoms with Crippen molar-refractivity contribution in [3.63, 3.8) is 0 Å². The monoisotopic (exact) mass is 385 g/mol. The van der Waals surface area contributed by atoms with Gasteiger partial charge in [0.25, 0.3) is 0 Å². The SMILES string of the molecule is CC(C)(SSCC(N)Cc1ccccc1)[C@H](N)C(=O)N1CCSC1. The zero-order valence-electron chi connectivity index (χ0n) is 14.3. The molecule has 1 heterocycles. The molecule has 1 unspecified atom stereocenters. The van der Waals surface area contributed by atoms with Crippen molar-refractivity contribution >= 4 is 39.3 Å². The Labute approximate surface area is 157 Å². The maximum absolute atomic E-state index is 12.5. The van der Waals surface area contributed by atoms with Crippen LogP contribution in [-0.4, -0.2) is 51.6 Å². The summed E-state index contributed by atoms with van der Waals surface area (Å²) in [6.45, 7) is 4.89. The van der Waals surface area contributed by atoms with Gasteiger partial charge >= 0.3 is 0 Å². The first-order valence-corrected chi connectivity index (χ1v) is 11.6. The third kappa shape index (κ3) is 5.88. The Morgan fingerprint density at radius 3 is 2.67 bits per heavy atom. The second-order valence-electron chi connectivity index (χ2n) is 6.54. The van der Waals surface area contributed by atoms with E-state index in [9.17, 15) is 4.79 Å². The molecule has 0 aliphatic carbocycles. The van der Waals surface area contributed by atoms with Gasteiger partial charge in [-0.05, 0) is 25.8 Å². The van der Waals surface area contributed by atoms with Crippen LogP contribution < -0.4 is 11.5 Å². The van der Waals surface area contributed by atoms with Crippen LogP contribution in [0.15, 0.2) is 30.3 Å². The van der Waals surface area contributed by atoms with Gasteiger partial charge in [0.15, 0.2) is 0 Å². The van der Waals surface area contributed by atoms with Gasteiger partial charge < -0.3 is 16.4 Å². The van der Waals surface area contributed by atoms with Crippen molar-refractivity contribution in [2.75, 3.05) is 23.9 Å². The maximum atomic E-state index is 12.5. The number of hydrogen-bond donors (Lipinski definition) is 2. The molecule has 134 valence electrons. The first-order chi connectivity index (χ1) is 11.4. The average molecular weight is 386 g/mol. The molecule has 2 rings (SSSR count). The molecule has 0 radical (unpaired) electrons. The normalized spacial score (nSPS) is 17.8. The summed E-state index contributed by atoms with van der Waals surface area (Å²) in [4.78, 5) is 14.3. The molecule has 1 aliphatic rings. The lowest BCUT2D eigenvalue weighted by atomic mass is 10.0. The minimum Gasteiger partial charge on any atom is -0.331 e. The van der Waals surface area contributed by atoms with Crippen molar-refractivity contribution in [3.05, 3.63) is 35.9 Å². The Kier molecular flexibility index (Phi) is 7.81. The molecule has 0 spiro atoms. The van der Waals surface area contributed by atoms with Crippen molar-refractivity contribution in [2.24, 2.45) is 11.5 Å². The van der Waals surface area contributed by atoms with E-state index in [1.807, 2.05) is 36.9 Å². The van der Waals surface area contributed by atoms with Gasteiger partial charge in [-0.25, -0.2) is 0 Å². The van der Waals surface area contributed by atoms with Crippen LogP contribution in [0.1, 0.15) is 19.4 Å². The summed E-state index contributed by atoms with van der Waals surface area (Å²) in [7, 11) is 3.38. The Morgan fingerprint density at radius 2 is 2.04 bits per heavy atom. The largest absolute Gasteiger partial charge is 0.331 e. The standard InChI is InChI=1S/C17H27N3OS3/c1-17(2,15(19)16(21)20-8-9-22-12-20)24-23-11-14(18)10-13-6-4-3-5-7-13/h3-7,14-15H,8-12,18-19H2,1-2H3/t14?,15-/m1/s1. The van der Waals surface area contributed by atoms with E-state index in [1.165, 1.54) is 5.56 Å². The van der Waals surface area contributed by atoms with Crippen molar-refractivity contribution in [1.82, 2.24) is 4.90 Å². The molecule has 4 nitrogen and oxygen atoms in total. The molecule has 2 atom stereocenters. The smallest absolute Gasteiger partial charge is 0.241 e. The van der Waals surface area contributed by atoms with Crippen molar-refractivity contribution in [2.45, 2.75) is 37.1 Å². The lowest BCUT2D eigenvalue weighted by Crippen LogP contribution is -2.52. The van der Waals surface area contributed by atoms with Crippen LogP contribution >= 0.6 is 33.3 Å². The summed E-state index contributed by atoms with van der Waals surface area (Å²) < 4.78 is -0.318. The molecule has 1 aliphatic heterocycles. The highest BCUT2D eigenvalue weighted by Crippen LogP contribution is 2.38. The minimum absolute atomic E-state index is 0.0617. The third-order valence-electron chi connectivity index (χ3n) is 3.98. The van der Waals surface area contributed by atoms with E-state index in [4.69, 9.17) is 11.5 Å². The highest BCUT2D eigenvalue weighted by Gasteiger charge is 2.36. The summed E-state index contributed by atoms with van der Waals surface area (Å²) in [5.74, 6) is 2.67. The Bertz CT molecular complexity index is 521. The molecule has 7 heteroatoms. The fourth-order valence-corrected chi connectivity index (χ4v) is 6.16. The van der Waals surface area contributed by atoms with Crippen LogP contribution in [0, 0.1) is 0 Å². The van der Waals surface area contributed by atoms with E-state index in [1.54, 1.807) is 33.3 Å². The summed E-state index contributed by atoms with van der Waals surface area (Å²) >= 11 is 1.78. The van der Waals surface area contributed by atoms with E-state index < -0.39 is 6.04 Å². The van der Waals surface area contributed by atoms with Crippen LogP contribution in [0.3, 0.4) is 0 Å². The van der Waals surface area contributed by atoms with Gasteiger partial charge in [0.2, 0.25) is 5.91 Å². The quantitative estimate of drug-likeness (QED) is 0.670. The van der Waals surface area contributed by atoms with Crippen molar-refractivity contribution < 1.29 is 4.79 Å². The molecule has 4 N–H and O–H groups in total. The molecular formula is C17H27N3OS3. The highest BCUT2D eigenvalue weighted by molar-refractivity contribution is 8.77. The lowest BCUT2D eigenvalue weighted by molar-refractivity contribution is -0.131. The lowest BCUT2D eigenvalue weighted by Gasteiger charge is -2.32. The van der Waals surface area contributed by atoms with Crippen LogP contribution in [-0.2, 0) is 11.2 Å². The number of benzene rings is 1. The maximum Gasteiger partial charge on any atom is 0.241 e. The second-order valence-corrected chi connectivity index (χ2v) is 10.6. The average Bonchev–Trinajstić information content (AvgIpc) is 3.08.